The Morgan fingerprint density at radius 3 is 2.25 bits per heavy atom. The molecule has 2 aliphatic rings. The molecule has 0 spiro atoms. The van der Waals surface area contributed by atoms with Crippen molar-refractivity contribution >= 4 is 0 Å². The summed E-state index contributed by atoms with van der Waals surface area (Å²) in [5.41, 5.74) is 0.228. The standard InChI is InChI=1S/C18H35NO/c1-14(2)13-19-9-8-18(6-5-7-18)20-17-11-15(3)10-16(4)12-17/h14-17,19H,5-13H2,1-4H3. The van der Waals surface area contributed by atoms with Gasteiger partial charge in [0.15, 0.2) is 0 Å². The largest absolute Gasteiger partial charge is 0.372 e. The van der Waals surface area contributed by atoms with Gasteiger partial charge < -0.3 is 10.1 Å². The van der Waals surface area contributed by atoms with E-state index in [9.17, 15) is 0 Å². The van der Waals surface area contributed by atoms with Crippen LogP contribution in [0.1, 0.15) is 72.6 Å². The summed E-state index contributed by atoms with van der Waals surface area (Å²) in [6.07, 6.45) is 9.63. The van der Waals surface area contributed by atoms with Crippen molar-refractivity contribution in [2.24, 2.45) is 17.8 Å². The molecular weight excluding hydrogens is 246 g/mol. The van der Waals surface area contributed by atoms with Gasteiger partial charge in [0.2, 0.25) is 0 Å². The Morgan fingerprint density at radius 1 is 1.10 bits per heavy atom. The van der Waals surface area contributed by atoms with E-state index in [2.05, 4.69) is 33.0 Å². The van der Waals surface area contributed by atoms with Crippen LogP contribution < -0.4 is 5.32 Å². The number of rotatable bonds is 7. The molecule has 2 unspecified atom stereocenters. The number of hydrogen-bond acceptors (Lipinski definition) is 2. The van der Waals surface area contributed by atoms with Gasteiger partial charge in [0, 0.05) is 0 Å². The van der Waals surface area contributed by atoms with Crippen LogP contribution in [0.25, 0.3) is 0 Å². The van der Waals surface area contributed by atoms with Crippen molar-refractivity contribution in [2.45, 2.75) is 84.3 Å². The molecule has 2 heteroatoms. The maximum Gasteiger partial charge on any atom is 0.0698 e. The van der Waals surface area contributed by atoms with E-state index in [1.807, 2.05) is 0 Å². The molecule has 2 nitrogen and oxygen atoms in total. The Morgan fingerprint density at radius 2 is 1.75 bits per heavy atom. The molecule has 0 aliphatic heterocycles. The average Bonchev–Trinajstić information content (AvgIpc) is 2.29. The normalized spacial score (nSPS) is 33.1. The molecule has 0 amide bonds. The van der Waals surface area contributed by atoms with Gasteiger partial charge >= 0.3 is 0 Å². The molecule has 2 rings (SSSR count). The predicted octanol–water partition coefficient (Wildman–Crippen LogP) is 4.39. The van der Waals surface area contributed by atoms with Crippen molar-refractivity contribution < 1.29 is 4.74 Å². The Kier molecular flexibility index (Phi) is 5.92. The molecule has 0 radical (unpaired) electrons. The summed E-state index contributed by atoms with van der Waals surface area (Å²) < 4.78 is 6.62. The molecule has 1 N–H and O–H groups in total. The average molecular weight is 281 g/mol. The maximum absolute atomic E-state index is 6.62. The fourth-order valence-corrected chi connectivity index (χ4v) is 4.03. The molecule has 0 heterocycles. The van der Waals surface area contributed by atoms with Gasteiger partial charge in [0.25, 0.3) is 0 Å². The van der Waals surface area contributed by atoms with Gasteiger partial charge in [-0.1, -0.05) is 27.7 Å². The van der Waals surface area contributed by atoms with Gasteiger partial charge in [0.1, 0.15) is 0 Å². The summed E-state index contributed by atoms with van der Waals surface area (Å²) in [4.78, 5) is 0. The second kappa shape index (κ2) is 7.26. The lowest BCUT2D eigenvalue weighted by molar-refractivity contribution is -0.159. The molecule has 2 saturated carbocycles. The van der Waals surface area contributed by atoms with Crippen LogP contribution in [-0.4, -0.2) is 24.8 Å². The smallest absolute Gasteiger partial charge is 0.0698 e. The molecule has 2 fully saturated rings. The molecule has 0 aromatic heterocycles. The Hall–Kier alpha value is -0.0800. The zero-order chi connectivity index (χ0) is 14.6. The summed E-state index contributed by atoms with van der Waals surface area (Å²) in [6.45, 7) is 11.6. The Bertz CT molecular complexity index is 275. The zero-order valence-corrected chi connectivity index (χ0v) is 14.1. The summed E-state index contributed by atoms with van der Waals surface area (Å²) in [7, 11) is 0. The summed E-state index contributed by atoms with van der Waals surface area (Å²) in [5.74, 6) is 2.44. The SMILES string of the molecule is CC(C)CNCCC1(OC2CC(C)CC(C)C2)CCC1. The quantitative estimate of drug-likeness (QED) is 0.699. The minimum Gasteiger partial charge on any atom is -0.372 e. The first-order valence-corrected chi connectivity index (χ1v) is 8.87. The van der Waals surface area contributed by atoms with E-state index in [1.54, 1.807) is 0 Å². The first-order valence-electron chi connectivity index (χ1n) is 8.87. The van der Waals surface area contributed by atoms with Crippen molar-refractivity contribution in [3.63, 3.8) is 0 Å². The van der Waals surface area contributed by atoms with E-state index in [0.717, 1.165) is 30.8 Å². The highest BCUT2D eigenvalue weighted by Crippen LogP contribution is 2.42. The van der Waals surface area contributed by atoms with E-state index < -0.39 is 0 Å². The first kappa shape index (κ1) is 16.3. The molecule has 2 aliphatic carbocycles. The van der Waals surface area contributed by atoms with Crippen LogP contribution in [0.15, 0.2) is 0 Å². The number of ether oxygens (including phenoxy) is 1. The van der Waals surface area contributed by atoms with Crippen LogP contribution in [0.4, 0.5) is 0 Å². The predicted molar refractivity (Wildman–Crippen MR) is 86.0 cm³/mol. The molecule has 20 heavy (non-hydrogen) atoms. The van der Waals surface area contributed by atoms with Crippen LogP contribution in [0.2, 0.25) is 0 Å². The van der Waals surface area contributed by atoms with Crippen molar-refractivity contribution in [1.29, 1.82) is 0 Å². The minimum absolute atomic E-state index is 0.228. The van der Waals surface area contributed by atoms with Gasteiger partial charge in [-0.05, 0) is 75.8 Å². The van der Waals surface area contributed by atoms with Gasteiger partial charge in [-0.15, -0.1) is 0 Å². The molecular formula is C18H35NO. The lowest BCUT2D eigenvalue weighted by Crippen LogP contribution is -2.46. The third-order valence-electron chi connectivity index (χ3n) is 5.13. The monoisotopic (exact) mass is 281 g/mol. The molecule has 0 aromatic carbocycles. The van der Waals surface area contributed by atoms with Gasteiger partial charge in [0.05, 0.1) is 11.7 Å². The second-order valence-corrected chi connectivity index (χ2v) is 8.04. The van der Waals surface area contributed by atoms with Crippen molar-refractivity contribution in [2.75, 3.05) is 13.1 Å². The van der Waals surface area contributed by atoms with Crippen LogP contribution in [0.3, 0.4) is 0 Å². The number of hydrogen-bond donors (Lipinski definition) is 1. The Labute approximate surface area is 126 Å². The van der Waals surface area contributed by atoms with E-state index in [0.29, 0.717) is 6.10 Å². The molecule has 0 bridgehead atoms. The minimum atomic E-state index is 0.228. The highest BCUT2D eigenvalue weighted by molar-refractivity contribution is 4.92. The van der Waals surface area contributed by atoms with E-state index in [-0.39, 0.29) is 5.60 Å². The molecule has 0 saturated heterocycles. The van der Waals surface area contributed by atoms with E-state index >= 15 is 0 Å². The number of nitrogens with one attached hydrogen (secondary N) is 1. The summed E-state index contributed by atoms with van der Waals surface area (Å²) >= 11 is 0. The van der Waals surface area contributed by atoms with E-state index in [4.69, 9.17) is 4.74 Å². The van der Waals surface area contributed by atoms with Crippen molar-refractivity contribution in [1.82, 2.24) is 5.32 Å². The van der Waals surface area contributed by atoms with Crippen molar-refractivity contribution in [3.8, 4) is 0 Å². The lowest BCUT2D eigenvalue weighted by Gasteiger charge is -2.46. The molecule has 0 aromatic rings. The van der Waals surface area contributed by atoms with Crippen LogP contribution in [0, 0.1) is 17.8 Å². The topological polar surface area (TPSA) is 21.3 Å². The van der Waals surface area contributed by atoms with Crippen molar-refractivity contribution in [3.05, 3.63) is 0 Å². The maximum atomic E-state index is 6.62. The third kappa shape index (κ3) is 4.73. The fourth-order valence-electron chi connectivity index (χ4n) is 4.03. The van der Waals surface area contributed by atoms with Crippen LogP contribution in [0.5, 0.6) is 0 Å². The van der Waals surface area contributed by atoms with Gasteiger partial charge in [-0.25, -0.2) is 0 Å². The zero-order valence-electron chi connectivity index (χ0n) is 14.1. The summed E-state index contributed by atoms with van der Waals surface area (Å²) in [5, 5.41) is 3.58. The Balaban J connectivity index is 1.75. The van der Waals surface area contributed by atoms with E-state index in [1.165, 1.54) is 44.9 Å². The highest BCUT2D eigenvalue weighted by atomic mass is 16.5. The summed E-state index contributed by atoms with van der Waals surface area (Å²) in [6, 6.07) is 0. The third-order valence-corrected chi connectivity index (χ3v) is 5.13. The first-order chi connectivity index (χ1) is 9.49. The fraction of sp³-hybridized carbons (Fsp3) is 1.00. The van der Waals surface area contributed by atoms with Crippen LogP contribution >= 0.6 is 0 Å². The highest BCUT2D eigenvalue weighted by Gasteiger charge is 2.40. The second-order valence-electron chi connectivity index (χ2n) is 8.04. The van der Waals surface area contributed by atoms with Gasteiger partial charge in [-0.2, -0.15) is 0 Å². The van der Waals surface area contributed by atoms with Crippen LogP contribution in [-0.2, 0) is 4.74 Å². The lowest BCUT2D eigenvalue weighted by atomic mass is 9.76. The molecule has 118 valence electrons. The molecule has 2 atom stereocenters. The van der Waals surface area contributed by atoms with Gasteiger partial charge in [-0.3, -0.25) is 0 Å².